The molecule has 0 saturated carbocycles. The summed E-state index contributed by atoms with van der Waals surface area (Å²) in [6, 6.07) is 18.3. The lowest BCUT2D eigenvalue weighted by molar-refractivity contribution is -0.0511. The van der Waals surface area contributed by atoms with Crippen molar-refractivity contribution in [1.82, 2.24) is 19.5 Å². The molecule has 1 fully saturated rings. The van der Waals surface area contributed by atoms with Crippen molar-refractivity contribution in [2.24, 2.45) is 0 Å². The molecule has 1 aliphatic rings. The number of hydrogen-bond donors (Lipinski definition) is 5. The van der Waals surface area contributed by atoms with E-state index in [-0.39, 0.29) is 0 Å². The average Bonchev–Trinajstić information content (AvgIpc) is 3.44. The largest absolute Gasteiger partial charge is 0.394 e. The average molecular weight is 463 g/mol. The number of fused-ring (bicyclic) bond motifs is 1. The molecule has 3 heterocycles. The van der Waals surface area contributed by atoms with Gasteiger partial charge in [-0.05, 0) is 11.1 Å². The second-order valence-electron chi connectivity index (χ2n) is 8.16. The van der Waals surface area contributed by atoms with Crippen molar-refractivity contribution < 1.29 is 25.2 Å². The zero-order chi connectivity index (χ0) is 23.7. The van der Waals surface area contributed by atoms with E-state index in [1.54, 1.807) is 0 Å². The van der Waals surface area contributed by atoms with E-state index >= 15 is 0 Å². The summed E-state index contributed by atoms with van der Waals surface area (Å²) in [5.41, 5.74) is 2.37. The van der Waals surface area contributed by atoms with Gasteiger partial charge in [0, 0.05) is 0 Å². The number of aliphatic hydroxyl groups is 4. The van der Waals surface area contributed by atoms with Crippen LogP contribution < -0.4 is 5.32 Å². The molecule has 34 heavy (non-hydrogen) atoms. The molecule has 2 aromatic carbocycles. The minimum absolute atomic E-state index is 0.369. The first-order valence-electron chi connectivity index (χ1n) is 10.9. The molecule has 10 nitrogen and oxygen atoms in total. The zero-order valence-electron chi connectivity index (χ0n) is 18.1. The van der Waals surface area contributed by atoms with Gasteiger partial charge in [0.25, 0.3) is 0 Å². The number of nitrogens with one attached hydrogen (secondary N) is 1. The number of aliphatic hydroxyl groups excluding tert-OH is 4. The molecule has 176 valence electrons. The Kier molecular flexibility index (Phi) is 6.22. The third-order valence-corrected chi connectivity index (χ3v) is 6.06. The smallest absolute Gasteiger partial charge is 0.167 e. The van der Waals surface area contributed by atoms with Gasteiger partial charge in [-0.1, -0.05) is 60.7 Å². The van der Waals surface area contributed by atoms with Crippen LogP contribution in [0.15, 0.2) is 73.3 Å². The zero-order valence-corrected chi connectivity index (χ0v) is 18.1. The van der Waals surface area contributed by atoms with Crippen LogP contribution in [-0.2, 0) is 4.74 Å². The minimum atomic E-state index is -1.27. The molecule has 6 atom stereocenters. The highest BCUT2D eigenvalue weighted by atomic mass is 16.6. The first-order valence-corrected chi connectivity index (χ1v) is 10.9. The summed E-state index contributed by atoms with van der Waals surface area (Å²) >= 11 is 0. The first kappa shape index (κ1) is 22.4. The predicted molar refractivity (Wildman–Crippen MR) is 123 cm³/mol. The van der Waals surface area contributed by atoms with E-state index in [1.807, 2.05) is 60.7 Å². The molecule has 5 N–H and O–H groups in total. The summed E-state index contributed by atoms with van der Waals surface area (Å²) in [7, 11) is 0. The van der Waals surface area contributed by atoms with Gasteiger partial charge >= 0.3 is 0 Å². The second-order valence-corrected chi connectivity index (χ2v) is 8.16. The topological polar surface area (TPSA) is 146 Å². The second kappa shape index (κ2) is 9.45. The van der Waals surface area contributed by atoms with Gasteiger partial charge < -0.3 is 30.5 Å². The van der Waals surface area contributed by atoms with E-state index in [0.29, 0.717) is 17.0 Å². The highest BCUT2D eigenvalue weighted by Crippen LogP contribution is 2.35. The third kappa shape index (κ3) is 4.02. The van der Waals surface area contributed by atoms with Gasteiger partial charge in [0.05, 0.1) is 19.0 Å². The van der Waals surface area contributed by atoms with Gasteiger partial charge in [0.2, 0.25) is 0 Å². The highest BCUT2D eigenvalue weighted by molar-refractivity contribution is 5.83. The van der Waals surface area contributed by atoms with Gasteiger partial charge in [-0.3, -0.25) is 4.57 Å². The molecule has 10 heteroatoms. The maximum Gasteiger partial charge on any atom is 0.167 e. The van der Waals surface area contributed by atoms with Gasteiger partial charge in [-0.2, -0.15) is 0 Å². The van der Waals surface area contributed by atoms with Crippen LogP contribution in [-0.4, -0.2) is 64.9 Å². The van der Waals surface area contributed by atoms with Crippen LogP contribution in [0.1, 0.15) is 29.5 Å². The lowest BCUT2D eigenvalue weighted by Crippen LogP contribution is -2.33. The SMILES string of the molecule is OC[C@H]1O[C@@H](n2cnc3c(N[C@H](c4ccccc4)[C@@H](O)c4ccccc4)ncnc32)[C@H](O)[C@@H]1O. The van der Waals surface area contributed by atoms with Gasteiger partial charge in [-0.15, -0.1) is 0 Å². The molecule has 2 aromatic heterocycles. The normalized spacial score (nSPS) is 24.2. The maximum atomic E-state index is 11.2. The number of nitrogens with zero attached hydrogens (tertiary/aromatic N) is 4. The highest BCUT2D eigenvalue weighted by Gasteiger charge is 2.44. The summed E-state index contributed by atoms with van der Waals surface area (Å²) in [6.07, 6.45) is -2.48. The molecule has 0 radical (unpaired) electrons. The number of anilines is 1. The van der Waals surface area contributed by atoms with Crippen LogP contribution in [0.3, 0.4) is 0 Å². The quantitative estimate of drug-likeness (QED) is 0.274. The van der Waals surface area contributed by atoms with Crippen molar-refractivity contribution in [3.8, 4) is 0 Å². The monoisotopic (exact) mass is 463 g/mol. The van der Waals surface area contributed by atoms with E-state index < -0.39 is 43.3 Å². The number of benzene rings is 2. The van der Waals surface area contributed by atoms with Crippen molar-refractivity contribution in [3.05, 3.63) is 84.4 Å². The molecule has 1 saturated heterocycles. The standard InChI is InChI=1S/C24H25N5O5/c30-11-16-20(32)21(33)24(34-16)29-13-27-18-22(25-12-26-23(18)29)28-17(14-7-3-1-4-8-14)19(31)15-9-5-2-6-10-15/h1-10,12-13,16-17,19-21,24,30-33H,11H2,(H,25,26,28)/t16-,17-,19+,20-,21-,24-/m1/s1. The molecule has 5 rings (SSSR count). The fraction of sp³-hybridized carbons (Fsp3) is 0.292. The Labute approximate surface area is 195 Å². The molecule has 0 amide bonds. The molecule has 1 aliphatic heterocycles. The third-order valence-electron chi connectivity index (χ3n) is 6.06. The Hall–Kier alpha value is -3.41. The van der Waals surface area contributed by atoms with Gasteiger partial charge in [0.1, 0.15) is 30.7 Å². The molecule has 4 aromatic rings. The van der Waals surface area contributed by atoms with Crippen LogP contribution >= 0.6 is 0 Å². The molecule has 0 bridgehead atoms. The number of rotatable bonds is 7. The Bertz CT molecular complexity index is 1240. The molecular formula is C24H25N5O5. The van der Waals surface area contributed by atoms with Crippen molar-refractivity contribution in [2.45, 2.75) is 36.7 Å². The van der Waals surface area contributed by atoms with Crippen LogP contribution in [0.5, 0.6) is 0 Å². The summed E-state index contributed by atoms with van der Waals surface area (Å²) in [4.78, 5) is 13.1. The van der Waals surface area contributed by atoms with Crippen LogP contribution in [0.25, 0.3) is 11.2 Å². The molecule has 0 unspecified atom stereocenters. The van der Waals surface area contributed by atoms with E-state index in [1.165, 1.54) is 17.2 Å². The lowest BCUT2D eigenvalue weighted by atomic mass is 9.96. The Morgan fingerprint density at radius 3 is 2.24 bits per heavy atom. The van der Waals surface area contributed by atoms with Crippen molar-refractivity contribution >= 4 is 17.0 Å². The van der Waals surface area contributed by atoms with Crippen molar-refractivity contribution in [1.29, 1.82) is 0 Å². The van der Waals surface area contributed by atoms with Crippen LogP contribution in [0.4, 0.5) is 5.82 Å². The van der Waals surface area contributed by atoms with Crippen molar-refractivity contribution in [3.63, 3.8) is 0 Å². The minimum Gasteiger partial charge on any atom is -0.394 e. The molecule has 0 spiro atoms. The summed E-state index contributed by atoms with van der Waals surface area (Å²) in [5.74, 6) is 0.388. The number of aromatic nitrogens is 4. The summed E-state index contributed by atoms with van der Waals surface area (Å²) in [5, 5.41) is 44.5. The van der Waals surface area contributed by atoms with E-state index in [0.717, 1.165) is 11.1 Å². The van der Waals surface area contributed by atoms with E-state index in [2.05, 4.69) is 20.3 Å². The fourth-order valence-electron chi connectivity index (χ4n) is 4.25. The van der Waals surface area contributed by atoms with Gasteiger partial charge in [-0.25, -0.2) is 15.0 Å². The molecule has 0 aliphatic carbocycles. The maximum absolute atomic E-state index is 11.2. The fourth-order valence-corrected chi connectivity index (χ4v) is 4.25. The Morgan fingerprint density at radius 1 is 0.912 bits per heavy atom. The number of ether oxygens (including phenoxy) is 1. The van der Waals surface area contributed by atoms with E-state index in [9.17, 15) is 20.4 Å². The lowest BCUT2D eigenvalue weighted by Gasteiger charge is -2.25. The van der Waals surface area contributed by atoms with Gasteiger partial charge in [0.15, 0.2) is 23.2 Å². The predicted octanol–water partition coefficient (Wildman–Crippen LogP) is 1.32. The molecular weight excluding hydrogens is 438 g/mol. The van der Waals surface area contributed by atoms with Crippen molar-refractivity contribution in [2.75, 3.05) is 11.9 Å². The summed E-state index contributed by atoms with van der Waals surface area (Å²) in [6.45, 7) is -0.431. The van der Waals surface area contributed by atoms with E-state index in [4.69, 9.17) is 4.74 Å². The Balaban J connectivity index is 1.51. The first-order chi connectivity index (χ1) is 16.6. The van der Waals surface area contributed by atoms with Crippen LogP contribution in [0, 0.1) is 0 Å². The Morgan fingerprint density at radius 2 is 1.59 bits per heavy atom. The number of imidazole rings is 1. The number of hydrogen-bond acceptors (Lipinski definition) is 9. The summed E-state index contributed by atoms with van der Waals surface area (Å²) < 4.78 is 7.12. The van der Waals surface area contributed by atoms with Crippen LogP contribution in [0.2, 0.25) is 0 Å².